The van der Waals surface area contributed by atoms with E-state index in [0.29, 0.717) is 22.9 Å². The third kappa shape index (κ3) is 4.70. The molecular formula is C23H26N2O4S2. The minimum atomic E-state index is -3.74. The molecule has 164 valence electrons. The number of piperidine rings is 1. The van der Waals surface area contributed by atoms with Crippen LogP contribution in [0.25, 0.3) is 10.1 Å². The molecule has 1 aliphatic heterocycles. The van der Waals surface area contributed by atoms with Crippen LogP contribution in [-0.2, 0) is 10.0 Å². The van der Waals surface area contributed by atoms with E-state index in [1.807, 2.05) is 30.9 Å². The molecule has 6 nitrogen and oxygen atoms in total. The number of benzene rings is 2. The summed E-state index contributed by atoms with van der Waals surface area (Å²) < 4.78 is 34.8. The van der Waals surface area contributed by atoms with Crippen LogP contribution in [0, 0.1) is 6.92 Å². The summed E-state index contributed by atoms with van der Waals surface area (Å²) in [6, 6.07) is 12.0. The summed E-state index contributed by atoms with van der Waals surface area (Å²) in [6.45, 7) is 5.84. The Balaban J connectivity index is 1.55. The highest BCUT2D eigenvalue weighted by Gasteiger charge is 2.21. The summed E-state index contributed by atoms with van der Waals surface area (Å²) in [5, 5.41) is 0.855. The highest BCUT2D eigenvalue weighted by Crippen LogP contribution is 2.31. The molecule has 3 aromatic rings. The zero-order chi connectivity index (χ0) is 22.0. The molecule has 0 unspecified atom stereocenters. The molecule has 0 atom stereocenters. The van der Waals surface area contributed by atoms with Crippen molar-refractivity contribution < 1.29 is 17.9 Å². The Morgan fingerprint density at radius 1 is 1.10 bits per heavy atom. The molecule has 1 amide bonds. The fourth-order valence-electron chi connectivity index (χ4n) is 3.79. The Kier molecular flexibility index (Phi) is 6.20. The van der Waals surface area contributed by atoms with E-state index in [0.717, 1.165) is 41.6 Å². The zero-order valence-electron chi connectivity index (χ0n) is 17.7. The monoisotopic (exact) mass is 458 g/mol. The van der Waals surface area contributed by atoms with Gasteiger partial charge in [0.05, 0.1) is 16.4 Å². The Morgan fingerprint density at radius 2 is 1.87 bits per heavy atom. The lowest BCUT2D eigenvalue weighted by Gasteiger charge is -2.26. The van der Waals surface area contributed by atoms with Crippen molar-refractivity contribution in [2.75, 3.05) is 24.4 Å². The number of thiophene rings is 1. The van der Waals surface area contributed by atoms with Crippen LogP contribution in [0.1, 0.15) is 41.4 Å². The average molecular weight is 459 g/mol. The zero-order valence-corrected chi connectivity index (χ0v) is 19.3. The van der Waals surface area contributed by atoms with Gasteiger partial charge in [0.25, 0.3) is 15.9 Å². The third-order valence-electron chi connectivity index (χ3n) is 5.38. The largest absolute Gasteiger partial charge is 0.494 e. The van der Waals surface area contributed by atoms with Gasteiger partial charge in [-0.05, 0) is 86.5 Å². The molecule has 1 saturated heterocycles. The van der Waals surface area contributed by atoms with Crippen molar-refractivity contribution in [3.05, 3.63) is 52.9 Å². The van der Waals surface area contributed by atoms with E-state index in [1.165, 1.54) is 17.8 Å². The molecule has 1 aromatic heterocycles. The minimum absolute atomic E-state index is 0.0629. The second-order valence-electron chi connectivity index (χ2n) is 7.68. The van der Waals surface area contributed by atoms with Crippen LogP contribution in [0.4, 0.5) is 5.69 Å². The normalized spacial score (nSPS) is 14.6. The van der Waals surface area contributed by atoms with Gasteiger partial charge in [-0.25, -0.2) is 8.42 Å². The molecule has 8 heteroatoms. The number of amides is 1. The van der Waals surface area contributed by atoms with Crippen molar-refractivity contribution in [2.24, 2.45) is 0 Å². The maximum Gasteiger partial charge on any atom is 0.263 e. The van der Waals surface area contributed by atoms with Gasteiger partial charge in [-0.15, -0.1) is 11.3 Å². The predicted octanol–water partition coefficient (Wildman–Crippen LogP) is 5.04. The molecule has 4 rings (SSSR count). The fraction of sp³-hybridized carbons (Fsp3) is 0.348. The highest BCUT2D eigenvalue weighted by atomic mass is 32.2. The molecule has 1 N–H and O–H groups in total. The lowest BCUT2D eigenvalue weighted by Crippen LogP contribution is -2.35. The maximum absolute atomic E-state index is 12.9. The number of likely N-dealkylation sites (tertiary alicyclic amines) is 1. The third-order valence-corrected chi connectivity index (χ3v) is 7.86. The molecule has 0 spiro atoms. The first-order valence-corrected chi connectivity index (χ1v) is 12.8. The lowest BCUT2D eigenvalue weighted by molar-refractivity contribution is 0.0729. The number of aryl methyl sites for hydroxylation is 1. The second-order valence-corrected chi connectivity index (χ2v) is 10.4. The summed E-state index contributed by atoms with van der Waals surface area (Å²) in [5.41, 5.74) is 1.23. The molecule has 2 heterocycles. The number of anilines is 1. The van der Waals surface area contributed by atoms with E-state index in [4.69, 9.17) is 4.74 Å². The predicted molar refractivity (Wildman–Crippen MR) is 125 cm³/mol. The van der Waals surface area contributed by atoms with Crippen LogP contribution in [-0.4, -0.2) is 38.9 Å². The molecule has 2 aromatic carbocycles. The van der Waals surface area contributed by atoms with Crippen molar-refractivity contribution in [3.8, 4) is 5.75 Å². The summed E-state index contributed by atoms with van der Waals surface area (Å²) in [5.74, 6) is 0.736. The first-order chi connectivity index (χ1) is 14.9. The van der Waals surface area contributed by atoms with E-state index in [-0.39, 0.29) is 10.8 Å². The Bertz CT molecular complexity index is 1210. The number of hydrogen-bond donors (Lipinski definition) is 1. The number of nitrogens with zero attached hydrogens (tertiary/aromatic N) is 1. The minimum Gasteiger partial charge on any atom is -0.494 e. The van der Waals surface area contributed by atoms with Crippen molar-refractivity contribution in [1.29, 1.82) is 0 Å². The van der Waals surface area contributed by atoms with Gasteiger partial charge in [0.1, 0.15) is 5.75 Å². The molecule has 31 heavy (non-hydrogen) atoms. The van der Waals surface area contributed by atoms with Crippen LogP contribution < -0.4 is 9.46 Å². The summed E-state index contributed by atoms with van der Waals surface area (Å²) in [6.07, 6.45) is 3.27. The van der Waals surface area contributed by atoms with Gasteiger partial charge in [0.2, 0.25) is 0 Å². The summed E-state index contributed by atoms with van der Waals surface area (Å²) in [4.78, 5) is 15.6. The average Bonchev–Trinajstić information content (AvgIpc) is 3.18. The van der Waals surface area contributed by atoms with Crippen LogP contribution in [0.15, 0.2) is 47.4 Å². The number of carbonyl (C=O) groups is 1. The number of ether oxygens (including phenoxy) is 1. The van der Waals surface area contributed by atoms with E-state index in [9.17, 15) is 13.2 Å². The first kappa shape index (κ1) is 21.6. The van der Waals surface area contributed by atoms with E-state index in [2.05, 4.69) is 4.72 Å². The van der Waals surface area contributed by atoms with Crippen molar-refractivity contribution >= 4 is 43.0 Å². The van der Waals surface area contributed by atoms with Gasteiger partial charge in [0, 0.05) is 23.5 Å². The van der Waals surface area contributed by atoms with Crippen molar-refractivity contribution in [1.82, 2.24) is 4.90 Å². The lowest BCUT2D eigenvalue weighted by atomic mass is 10.1. The van der Waals surface area contributed by atoms with Crippen molar-refractivity contribution in [3.63, 3.8) is 0 Å². The molecule has 0 saturated carbocycles. The fourth-order valence-corrected chi connectivity index (χ4v) is 5.93. The number of hydrogen-bond acceptors (Lipinski definition) is 5. The second kappa shape index (κ2) is 8.88. The standard InChI is InChI=1S/C23H26N2O4S2/c1-3-29-20-9-8-19(13-16(20)2)31(27,28)24-18-7-10-21-17(14-18)15-22(30-21)23(26)25-11-5-4-6-12-25/h7-10,13-15,24H,3-6,11-12H2,1-2H3. The Hall–Kier alpha value is -2.58. The molecule has 0 aliphatic carbocycles. The number of fused-ring (bicyclic) bond motifs is 1. The van der Waals surface area contributed by atoms with Crippen molar-refractivity contribution in [2.45, 2.75) is 38.0 Å². The van der Waals surface area contributed by atoms with Gasteiger partial charge >= 0.3 is 0 Å². The Labute approximate surface area is 186 Å². The SMILES string of the molecule is CCOc1ccc(S(=O)(=O)Nc2ccc3sc(C(=O)N4CCCCC4)cc3c2)cc1C. The highest BCUT2D eigenvalue weighted by molar-refractivity contribution is 7.92. The van der Waals surface area contributed by atoms with Gasteiger partial charge in [-0.3, -0.25) is 9.52 Å². The van der Waals surface area contributed by atoms with Gasteiger partial charge in [-0.1, -0.05) is 0 Å². The van der Waals surface area contributed by atoms with Crippen LogP contribution in [0.5, 0.6) is 5.75 Å². The number of nitrogens with one attached hydrogen (secondary N) is 1. The summed E-state index contributed by atoms with van der Waals surface area (Å²) >= 11 is 1.45. The Morgan fingerprint density at radius 3 is 2.58 bits per heavy atom. The molecule has 1 aliphatic rings. The van der Waals surface area contributed by atoms with Gasteiger partial charge in [0.15, 0.2) is 0 Å². The molecule has 0 bridgehead atoms. The number of carbonyl (C=O) groups excluding carboxylic acids is 1. The van der Waals surface area contributed by atoms with E-state index >= 15 is 0 Å². The van der Waals surface area contributed by atoms with Crippen LogP contribution in [0.3, 0.4) is 0 Å². The first-order valence-electron chi connectivity index (χ1n) is 10.5. The number of rotatable bonds is 6. The molecular weight excluding hydrogens is 432 g/mol. The van der Waals surface area contributed by atoms with E-state index in [1.54, 1.807) is 30.3 Å². The van der Waals surface area contributed by atoms with Crippen LogP contribution in [0.2, 0.25) is 0 Å². The quantitative estimate of drug-likeness (QED) is 0.562. The van der Waals surface area contributed by atoms with Gasteiger partial charge in [-0.2, -0.15) is 0 Å². The number of sulfonamides is 1. The van der Waals surface area contributed by atoms with Gasteiger partial charge < -0.3 is 9.64 Å². The van der Waals surface area contributed by atoms with E-state index < -0.39 is 10.0 Å². The summed E-state index contributed by atoms with van der Waals surface area (Å²) in [7, 11) is -3.74. The smallest absolute Gasteiger partial charge is 0.263 e. The van der Waals surface area contributed by atoms with Crippen LogP contribution >= 0.6 is 11.3 Å². The molecule has 1 fully saturated rings. The maximum atomic E-state index is 12.9. The molecule has 0 radical (unpaired) electrons. The topological polar surface area (TPSA) is 75.7 Å².